The van der Waals surface area contributed by atoms with E-state index in [1.807, 2.05) is 0 Å². The Hall–Kier alpha value is -1.63. The van der Waals surface area contributed by atoms with Crippen molar-refractivity contribution in [3.8, 4) is 5.88 Å². The van der Waals surface area contributed by atoms with E-state index in [1.54, 1.807) is 0 Å². The highest BCUT2D eigenvalue weighted by Crippen LogP contribution is 2.22. The first kappa shape index (κ1) is 13.4. The molecule has 0 amide bonds. The first-order valence-corrected chi connectivity index (χ1v) is 9.04. The first-order valence-electron chi connectivity index (χ1n) is 5.33. The van der Waals surface area contributed by atoms with Gasteiger partial charge in [0.1, 0.15) is 0 Å². The molecule has 94 valence electrons. The zero-order valence-electron chi connectivity index (χ0n) is 10.3. The Morgan fingerprint density at radius 2 is 2.12 bits per heavy atom. The summed E-state index contributed by atoms with van der Waals surface area (Å²) in [7, 11) is -1.15. The zero-order valence-corrected chi connectivity index (χ0v) is 11.3. The lowest BCUT2D eigenvalue weighted by Crippen LogP contribution is -2.22. The van der Waals surface area contributed by atoms with Gasteiger partial charge >= 0.3 is 5.69 Å². The van der Waals surface area contributed by atoms with Gasteiger partial charge in [-0.3, -0.25) is 10.1 Å². The summed E-state index contributed by atoms with van der Waals surface area (Å²) in [6, 6.07) is 3.79. The summed E-state index contributed by atoms with van der Waals surface area (Å²) in [6.45, 7) is 7.30. The number of nitrogens with two attached hydrogens (primary N) is 1. The van der Waals surface area contributed by atoms with Crippen LogP contribution in [0.15, 0.2) is 12.1 Å². The van der Waals surface area contributed by atoms with E-state index in [4.69, 9.17) is 10.5 Å². The van der Waals surface area contributed by atoms with Gasteiger partial charge in [0.2, 0.25) is 11.7 Å². The maximum Gasteiger partial charge on any atom is 0.311 e. The third-order valence-corrected chi connectivity index (χ3v) is 3.88. The largest absolute Gasteiger partial charge is 0.478 e. The molecule has 0 radical (unpaired) electrons. The van der Waals surface area contributed by atoms with Crippen LogP contribution in [0, 0.1) is 10.1 Å². The summed E-state index contributed by atoms with van der Waals surface area (Å²) >= 11 is 0. The van der Waals surface area contributed by atoms with Crippen LogP contribution in [0.3, 0.4) is 0 Å². The van der Waals surface area contributed by atoms with E-state index in [2.05, 4.69) is 24.6 Å². The van der Waals surface area contributed by atoms with Gasteiger partial charge < -0.3 is 10.5 Å². The van der Waals surface area contributed by atoms with Gasteiger partial charge in [0.15, 0.2) is 0 Å². The molecule has 0 saturated carbocycles. The van der Waals surface area contributed by atoms with Crippen LogP contribution in [0.25, 0.3) is 0 Å². The molecule has 7 heteroatoms. The molecular weight excluding hydrogens is 238 g/mol. The van der Waals surface area contributed by atoms with Crippen molar-refractivity contribution in [3.63, 3.8) is 0 Å². The normalized spacial score (nSPS) is 11.2. The third-order valence-electron chi connectivity index (χ3n) is 2.18. The lowest BCUT2D eigenvalue weighted by atomic mass is 10.4. The smallest absolute Gasteiger partial charge is 0.311 e. The zero-order chi connectivity index (χ0) is 13.1. The molecule has 0 aliphatic carbocycles. The van der Waals surface area contributed by atoms with Gasteiger partial charge in [-0.1, -0.05) is 19.6 Å². The summed E-state index contributed by atoms with van der Waals surface area (Å²) < 4.78 is 5.42. The average molecular weight is 255 g/mol. The summed E-state index contributed by atoms with van der Waals surface area (Å²) in [4.78, 5) is 13.8. The number of rotatable bonds is 5. The highest BCUT2D eigenvalue weighted by molar-refractivity contribution is 6.76. The molecule has 0 aliphatic heterocycles. The number of ether oxygens (including phenoxy) is 1. The molecule has 2 N–H and O–H groups in total. The van der Waals surface area contributed by atoms with Gasteiger partial charge in [0.25, 0.3) is 0 Å². The Balaban J connectivity index is 2.62. The van der Waals surface area contributed by atoms with E-state index in [0.29, 0.717) is 12.5 Å². The van der Waals surface area contributed by atoms with Crippen molar-refractivity contribution >= 4 is 19.6 Å². The van der Waals surface area contributed by atoms with Gasteiger partial charge in [-0.2, -0.15) is 4.98 Å². The molecule has 17 heavy (non-hydrogen) atoms. The predicted molar refractivity (Wildman–Crippen MR) is 69.0 cm³/mol. The maximum atomic E-state index is 10.5. The van der Waals surface area contributed by atoms with Crippen molar-refractivity contribution < 1.29 is 9.66 Å². The fourth-order valence-electron chi connectivity index (χ4n) is 1.15. The van der Waals surface area contributed by atoms with Gasteiger partial charge in [-0.05, 0) is 6.04 Å². The van der Waals surface area contributed by atoms with Crippen LogP contribution in [-0.4, -0.2) is 24.6 Å². The van der Waals surface area contributed by atoms with Gasteiger partial charge in [-0.25, -0.2) is 0 Å². The lowest BCUT2D eigenvalue weighted by Gasteiger charge is -2.15. The summed E-state index contributed by atoms with van der Waals surface area (Å²) in [5.41, 5.74) is 5.26. The summed E-state index contributed by atoms with van der Waals surface area (Å²) in [5.74, 6) is 0.229. The number of hydrogen-bond acceptors (Lipinski definition) is 5. The topological polar surface area (TPSA) is 91.3 Å². The first-order chi connectivity index (χ1) is 7.79. The number of hydrogen-bond donors (Lipinski definition) is 1. The Bertz CT molecular complexity index is 418. The second-order valence-electron chi connectivity index (χ2n) is 4.97. The summed E-state index contributed by atoms with van der Waals surface area (Å²) in [5, 5.41) is 10.5. The number of pyridine rings is 1. The summed E-state index contributed by atoms with van der Waals surface area (Å²) in [6.07, 6.45) is 0. The van der Waals surface area contributed by atoms with Crippen LogP contribution in [0.5, 0.6) is 5.88 Å². The molecule has 0 spiro atoms. The quantitative estimate of drug-likeness (QED) is 0.495. The van der Waals surface area contributed by atoms with Gasteiger partial charge in [0.05, 0.1) is 11.5 Å². The molecule has 1 aromatic heterocycles. The van der Waals surface area contributed by atoms with Crippen LogP contribution in [0.4, 0.5) is 11.5 Å². The minimum Gasteiger partial charge on any atom is -0.478 e. The van der Waals surface area contributed by atoms with E-state index < -0.39 is 13.0 Å². The molecule has 0 bridgehead atoms. The van der Waals surface area contributed by atoms with Crippen LogP contribution < -0.4 is 10.5 Å². The van der Waals surface area contributed by atoms with Crippen molar-refractivity contribution in [3.05, 3.63) is 22.2 Å². The molecule has 0 aromatic carbocycles. The monoisotopic (exact) mass is 255 g/mol. The van der Waals surface area contributed by atoms with Gasteiger partial charge in [-0.15, -0.1) is 0 Å². The number of anilines is 1. The number of nitrogens with zero attached hydrogens (tertiary/aromatic N) is 2. The molecule has 0 unspecified atom stereocenters. The van der Waals surface area contributed by atoms with Crippen molar-refractivity contribution in [2.45, 2.75) is 25.7 Å². The van der Waals surface area contributed by atoms with Crippen LogP contribution in [0.1, 0.15) is 0 Å². The second kappa shape index (κ2) is 5.13. The van der Waals surface area contributed by atoms with E-state index in [1.165, 1.54) is 12.1 Å². The van der Waals surface area contributed by atoms with Crippen molar-refractivity contribution in [1.82, 2.24) is 4.98 Å². The van der Waals surface area contributed by atoms with E-state index >= 15 is 0 Å². The minimum atomic E-state index is -1.15. The van der Waals surface area contributed by atoms with Crippen LogP contribution in [0.2, 0.25) is 25.7 Å². The highest BCUT2D eigenvalue weighted by Gasteiger charge is 2.15. The van der Waals surface area contributed by atoms with E-state index in [9.17, 15) is 10.1 Å². The molecule has 6 nitrogen and oxygen atoms in total. The Kier molecular flexibility index (Phi) is 4.05. The lowest BCUT2D eigenvalue weighted by molar-refractivity contribution is -0.384. The third kappa shape index (κ3) is 4.39. The van der Waals surface area contributed by atoms with Crippen LogP contribution >= 0.6 is 0 Å². The Labute approximate surface area is 101 Å². The molecule has 1 heterocycles. The van der Waals surface area contributed by atoms with Crippen LogP contribution in [-0.2, 0) is 0 Å². The van der Waals surface area contributed by atoms with E-state index in [-0.39, 0.29) is 11.5 Å². The molecule has 0 aliphatic rings. The highest BCUT2D eigenvalue weighted by atomic mass is 28.3. The average Bonchev–Trinajstić information content (AvgIpc) is 2.15. The van der Waals surface area contributed by atoms with Crippen molar-refractivity contribution in [1.29, 1.82) is 0 Å². The molecule has 1 rings (SSSR count). The van der Waals surface area contributed by atoms with Gasteiger partial charge in [0, 0.05) is 20.2 Å². The SMILES string of the molecule is C[Si](C)(C)CCOc1ccc([N+](=O)[O-])c(N)n1. The predicted octanol–water partition coefficient (Wildman–Crippen LogP) is 2.29. The number of aromatic nitrogens is 1. The maximum absolute atomic E-state index is 10.5. The molecule has 1 aromatic rings. The molecular formula is C10H17N3O3Si. The van der Waals surface area contributed by atoms with Crippen molar-refractivity contribution in [2.75, 3.05) is 12.3 Å². The molecule has 0 saturated heterocycles. The second-order valence-corrected chi connectivity index (χ2v) is 10.6. The molecule has 0 atom stereocenters. The Morgan fingerprint density at radius 3 is 2.59 bits per heavy atom. The minimum absolute atomic E-state index is 0.111. The number of nitro groups is 1. The number of nitrogen functional groups attached to an aromatic ring is 1. The Morgan fingerprint density at radius 1 is 1.47 bits per heavy atom. The molecule has 0 fully saturated rings. The fourth-order valence-corrected chi connectivity index (χ4v) is 1.86. The van der Waals surface area contributed by atoms with E-state index in [0.717, 1.165) is 6.04 Å². The standard InChI is InChI=1S/C10H17N3O3Si/c1-17(2,3)7-6-16-9-5-4-8(13(14)15)10(11)12-9/h4-5H,6-7H2,1-3H3,(H2,11,12). The van der Waals surface area contributed by atoms with Crippen molar-refractivity contribution in [2.24, 2.45) is 0 Å². The fraction of sp³-hybridized carbons (Fsp3) is 0.500.